The van der Waals surface area contributed by atoms with Gasteiger partial charge in [0.1, 0.15) is 0 Å². The van der Waals surface area contributed by atoms with E-state index in [1.807, 2.05) is 30.3 Å². The third-order valence-corrected chi connectivity index (χ3v) is 2.95. The highest BCUT2D eigenvalue weighted by molar-refractivity contribution is 5.80. The van der Waals surface area contributed by atoms with Gasteiger partial charge in [-0.15, -0.1) is 0 Å². The lowest BCUT2D eigenvalue weighted by Gasteiger charge is -2.21. The van der Waals surface area contributed by atoms with Gasteiger partial charge >= 0.3 is 0 Å². The minimum atomic E-state index is -0.437. The summed E-state index contributed by atoms with van der Waals surface area (Å²) in [6.07, 6.45) is 1.87. The van der Waals surface area contributed by atoms with Crippen molar-refractivity contribution in [3.8, 4) is 0 Å². The van der Waals surface area contributed by atoms with Gasteiger partial charge in [-0.05, 0) is 19.0 Å². The topological polar surface area (TPSA) is 75.4 Å². The lowest BCUT2D eigenvalue weighted by molar-refractivity contribution is -0.124. The molecule has 0 heterocycles. The van der Waals surface area contributed by atoms with Crippen LogP contribution < -0.4 is 11.1 Å². The smallest absolute Gasteiger partial charge is 0.234 e. The Balaban J connectivity index is 2.57. The van der Waals surface area contributed by atoms with Gasteiger partial charge < -0.3 is 11.1 Å². The van der Waals surface area contributed by atoms with Crippen molar-refractivity contribution >= 4 is 11.8 Å². The predicted octanol–water partition coefficient (Wildman–Crippen LogP) is 1.06. The lowest BCUT2D eigenvalue weighted by Crippen LogP contribution is -2.40. The first kappa shape index (κ1) is 16.2. The maximum absolute atomic E-state index is 12.0. The van der Waals surface area contributed by atoms with E-state index in [2.05, 4.69) is 12.2 Å². The number of benzene rings is 1. The SMILES string of the molecule is CCC[C@H](NC(=O)CN(C)CC(N)=O)c1ccccc1. The fraction of sp³-hybridized carbons (Fsp3) is 0.467. The maximum Gasteiger partial charge on any atom is 0.234 e. The monoisotopic (exact) mass is 277 g/mol. The van der Waals surface area contributed by atoms with E-state index in [0.717, 1.165) is 18.4 Å². The molecule has 0 saturated carbocycles. The number of nitrogens with one attached hydrogen (secondary N) is 1. The molecule has 5 heteroatoms. The van der Waals surface area contributed by atoms with Gasteiger partial charge in [0.2, 0.25) is 11.8 Å². The highest BCUT2D eigenvalue weighted by Crippen LogP contribution is 2.17. The molecule has 3 N–H and O–H groups in total. The summed E-state index contributed by atoms with van der Waals surface area (Å²) in [4.78, 5) is 24.4. The third kappa shape index (κ3) is 5.84. The first-order valence-corrected chi connectivity index (χ1v) is 6.84. The number of nitrogens with zero attached hydrogens (tertiary/aromatic N) is 1. The second-order valence-corrected chi connectivity index (χ2v) is 4.96. The molecular formula is C15H23N3O2. The number of primary amides is 1. The molecule has 0 saturated heterocycles. The third-order valence-electron chi connectivity index (χ3n) is 2.95. The van der Waals surface area contributed by atoms with Crippen molar-refractivity contribution in [1.29, 1.82) is 0 Å². The standard InChI is InChI=1S/C15H23N3O2/c1-3-7-13(12-8-5-4-6-9-12)17-15(20)11-18(2)10-14(16)19/h4-6,8-9,13H,3,7,10-11H2,1-2H3,(H2,16,19)(H,17,20)/t13-/m0/s1. The van der Waals surface area contributed by atoms with Gasteiger partial charge in [-0.2, -0.15) is 0 Å². The second-order valence-electron chi connectivity index (χ2n) is 4.96. The molecule has 1 rings (SSSR count). The van der Waals surface area contributed by atoms with Crippen molar-refractivity contribution in [3.05, 3.63) is 35.9 Å². The molecule has 0 radical (unpaired) electrons. The van der Waals surface area contributed by atoms with E-state index in [1.165, 1.54) is 0 Å². The zero-order valence-corrected chi connectivity index (χ0v) is 12.1. The van der Waals surface area contributed by atoms with Gasteiger partial charge in [-0.3, -0.25) is 14.5 Å². The number of amides is 2. The summed E-state index contributed by atoms with van der Waals surface area (Å²) in [6, 6.07) is 9.90. The van der Waals surface area contributed by atoms with E-state index >= 15 is 0 Å². The minimum Gasteiger partial charge on any atom is -0.369 e. The Morgan fingerprint density at radius 3 is 2.45 bits per heavy atom. The van der Waals surface area contributed by atoms with E-state index in [-0.39, 0.29) is 25.0 Å². The molecule has 1 atom stereocenters. The molecule has 0 spiro atoms. The molecule has 0 aromatic heterocycles. The number of carbonyl (C=O) groups excluding carboxylic acids is 2. The van der Waals surface area contributed by atoms with Gasteiger partial charge in [0.25, 0.3) is 0 Å². The molecule has 0 bridgehead atoms. The summed E-state index contributed by atoms with van der Waals surface area (Å²) in [7, 11) is 1.70. The van der Waals surface area contributed by atoms with Crippen molar-refractivity contribution in [2.75, 3.05) is 20.1 Å². The normalized spacial score (nSPS) is 12.2. The molecule has 1 aromatic rings. The van der Waals surface area contributed by atoms with Crippen LogP contribution >= 0.6 is 0 Å². The van der Waals surface area contributed by atoms with Crippen LogP contribution in [0.3, 0.4) is 0 Å². The van der Waals surface area contributed by atoms with Crippen LogP contribution in [0.2, 0.25) is 0 Å². The quantitative estimate of drug-likeness (QED) is 0.746. The predicted molar refractivity (Wildman–Crippen MR) is 78.9 cm³/mol. The summed E-state index contributed by atoms with van der Waals surface area (Å²) in [5.41, 5.74) is 6.19. The number of carbonyl (C=O) groups is 2. The highest BCUT2D eigenvalue weighted by atomic mass is 16.2. The molecule has 1 aromatic carbocycles. The van der Waals surface area contributed by atoms with E-state index < -0.39 is 5.91 Å². The largest absolute Gasteiger partial charge is 0.369 e. The summed E-state index contributed by atoms with van der Waals surface area (Å²) >= 11 is 0. The first-order chi connectivity index (χ1) is 9.52. The van der Waals surface area contributed by atoms with Gasteiger partial charge in [0.05, 0.1) is 19.1 Å². The molecular weight excluding hydrogens is 254 g/mol. The molecule has 5 nitrogen and oxygen atoms in total. The molecule has 0 aliphatic heterocycles. The number of nitrogens with two attached hydrogens (primary N) is 1. The molecule has 110 valence electrons. The lowest BCUT2D eigenvalue weighted by atomic mass is 10.0. The Bertz CT molecular complexity index is 434. The summed E-state index contributed by atoms with van der Waals surface area (Å²) < 4.78 is 0. The van der Waals surface area contributed by atoms with Crippen molar-refractivity contribution < 1.29 is 9.59 Å². The second kappa shape index (κ2) is 8.32. The van der Waals surface area contributed by atoms with Crippen LogP contribution in [-0.2, 0) is 9.59 Å². The molecule has 0 aliphatic rings. The van der Waals surface area contributed by atoms with Crippen LogP contribution in [0.15, 0.2) is 30.3 Å². The van der Waals surface area contributed by atoms with Crippen molar-refractivity contribution in [3.63, 3.8) is 0 Å². The summed E-state index contributed by atoms with van der Waals surface area (Å²) in [5, 5.41) is 3.01. The Kier molecular flexibility index (Phi) is 6.73. The molecule has 0 unspecified atom stereocenters. The van der Waals surface area contributed by atoms with E-state index in [9.17, 15) is 9.59 Å². The fourth-order valence-corrected chi connectivity index (χ4v) is 2.10. The highest BCUT2D eigenvalue weighted by Gasteiger charge is 2.15. The molecule has 0 aliphatic carbocycles. The van der Waals surface area contributed by atoms with Crippen LogP contribution in [0, 0.1) is 0 Å². The summed E-state index contributed by atoms with van der Waals surface area (Å²) in [5.74, 6) is -0.537. The average molecular weight is 277 g/mol. The van der Waals surface area contributed by atoms with E-state index in [1.54, 1.807) is 11.9 Å². The van der Waals surface area contributed by atoms with Crippen LogP contribution in [0.5, 0.6) is 0 Å². The summed E-state index contributed by atoms with van der Waals surface area (Å²) in [6.45, 7) is 2.33. The van der Waals surface area contributed by atoms with Crippen molar-refractivity contribution in [2.45, 2.75) is 25.8 Å². The first-order valence-electron chi connectivity index (χ1n) is 6.84. The van der Waals surface area contributed by atoms with E-state index in [0.29, 0.717) is 0 Å². The zero-order valence-electron chi connectivity index (χ0n) is 12.1. The molecule has 0 fully saturated rings. The number of hydrogen-bond donors (Lipinski definition) is 2. The molecule has 2 amide bonds. The number of likely N-dealkylation sites (N-methyl/N-ethyl adjacent to an activating group) is 1. The van der Waals surface area contributed by atoms with Crippen molar-refractivity contribution in [2.24, 2.45) is 5.73 Å². The number of rotatable bonds is 8. The van der Waals surface area contributed by atoms with E-state index in [4.69, 9.17) is 5.73 Å². The molecule has 20 heavy (non-hydrogen) atoms. The average Bonchev–Trinajstić information content (AvgIpc) is 2.38. The van der Waals surface area contributed by atoms with Crippen LogP contribution in [0.1, 0.15) is 31.4 Å². The minimum absolute atomic E-state index is 0.00989. The maximum atomic E-state index is 12.0. The Morgan fingerprint density at radius 2 is 1.90 bits per heavy atom. The van der Waals surface area contributed by atoms with Gasteiger partial charge in [0, 0.05) is 0 Å². The van der Waals surface area contributed by atoms with Gasteiger partial charge in [-0.25, -0.2) is 0 Å². The van der Waals surface area contributed by atoms with Gasteiger partial charge in [-0.1, -0.05) is 43.7 Å². The van der Waals surface area contributed by atoms with Crippen LogP contribution in [0.4, 0.5) is 0 Å². The zero-order chi connectivity index (χ0) is 15.0. The fourth-order valence-electron chi connectivity index (χ4n) is 2.10. The Hall–Kier alpha value is -1.88. The number of hydrogen-bond acceptors (Lipinski definition) is 3. The van der Waals surface area contributed by atoms with Gasteiger partial charge in [0.15, 0.2) is 0 Å². The Labute approximate surface area is 120 Å². The van der Waals surface area contributed by atoms with Crippen LogP contribution in [-0.4, -0.2) is 36.9 Å². The van der Waals surface area contributed by atoms with Crippen LogP contribution in [0.25, 0.3) is 0 Å². The van der Waals surface area contributed by atoms with Crippen molar-refractivity contribution in [1.82, 2.24) is 10.2 Å². The Morgan fingerprint density at radius 1 is 1.25 bits per heavy atom.